The van der Waals surface area contributed by atoms with Crippen molar-refractivity contribution in [3.05, 3.63) is 93.1 Å². The van der Waals surface area contributed by atoms with Crippen LogP contribution in [0.1, 0.15) is 43.4 Å². The van der Waals surface area contributed by atoms with E-state index in [2.05, 4.69) is 5.32 Å². The summed E-state index contributed by atoms with van der Waals surface area (Å²) < 4.78 is 11.4. The number of carbonyl (C=O) groups excluding carboxylic acids is 2. The number of thioether (sulfide) groups is 1. The fourth-order valence-corrected chi connectivity index (χ4v) is 5.89. The standard InChI is InChI=1S/C28H28ClN3O4S/c1-18-25(27(34)36-16-19-8-3-2-4-9-19)26(22-11-5-6-12-23(22)29)32-20(17-37-28(32)31-18)14-24(33)30-15-21-10-7-13-35-21/h2-6,8-9,11-12,17,21,26H,7,10,13-16H2,1H3,(H,30,33)/t21-,26-/m0/s1. The van der Waals surface area contributed by atoms with E-state index in [1.54, 1.807) is 13.0 Å². The first-order valence-corrected chi connectivity index (χ1v) is 13.5. The molecular weight excluding hydrogens is 510 g/mol. The zero-order valence-corrected chi connectivity index (χ0v) is 22.1. The Morgan fingerprint density at radius 2 is 1.97 bits per heavy atom. The third-order valence-corrected chi connectivity index (χ3v) is 7.76. The monoisotopic (exact) mass is 537 g/mol. The van der Waals surface area contributed by atoms with E-state index in [-0.39, 0.29) is 25.0 Å². The van der Waals surface area contributed by atoms with Crippen molar-refractivity contribution in [1.82, 2.24) is 10.2 Å². The lowest BCUT2D eigenvalue weighted by molar-refractivity contribution is -0.141. The van der Waals surface area contributed by atoms with Gasteiger partial charge in [0.1, 0.15) is 6.61 Å². The highest BCUT2D eigenvalue weighted by Crippen LogP contribution is 2.46. The van der Waals surface area contributed by atoms with Gasteiger partial charge in [0.15, 0.2) is 5.17 Å². The van der Waals surface area contributed by atoms with Crippen LogP contribution in [0.15, 0.2) is 82.0 Å². The lowest BCUT2D eigenvalue weighted by Gasteiger charge is -2.36. The molecule has 0 bridgehead atoms. The molecule has 1 amide bonds. The number of fused-ring (bicyclic) bond motifs is 1. The van der Waals surface area contributed by atoms with E-state index in [1.165, 1.54) is 11.8 Å². The SMILES string of the molecule is CC1=C(C(=O)OCc2ccccc2)[C@H](c2ccccc2Cl)N2C(CC(=O)NC[C@@H]3CCCO3)=CSC2=N1. The van der Waals surface area contributed by atoms with E-state index < -0.39 is 12.0 Å². The van der Waals surface area contributed by atoms with E-state index in [9.17, 15) is 9.59 Å². The molecular formula is C28H28ClN3O4S. The third-order valence-electron chi connectivity index (χ3n) is 6.53. The van der Waals surface area contributed by atoms with Crippen molar-refractivity contribution in [2.45, 2.75) is 44.9 Å². The number of ether oxygens (including phenoxy) is 2. The first-order valence-electron chi connectivity index (χ1n) is 12.3. The van der Waals surface area contributed by atoms with Crippen molar-refractivity contribution >= 4 is 40.4 Å². The Morgan fingerprint density at radius 1 is 1.19 bits per heavy atom. The Morgan fingerprint density at radius 3 is 2.73 bits per heavy atom. The lowest BCUT2D eigenvalue weighted by Crippen LogP contribution is -2.39. The maximum Gasteiger partial charge on any atom is 0.338 e. The smallest absolute Gasteiger partial charge is 0.338 e. The summed E-state index contributed by atoms with van der Waals surface area (Å²) in [7, 11) is 0. The summed E-state index contributed by atoms with van der Waals surface area (Å²) in [6.07, 6.45) is 2.18. The first kappa shape index (κ1) is 25.6. The summed E-state index contributed by atoms with van der Waals surface area (Å²) in [6, 6.07) is 16.4. The number of amides is 1. The van der Waals surface area contributed by atoms with Crippen LogP contribution < -0.4 is 5.32 Å². The van der Waals surface area contributed by atoms with Gasteiger partial charge < -0.3 is 19.7 Å². The van der Waals surface area contributed by atoms with Gasteiger partial charge in [0, 0.05) is 23.9 Å². The average Bonchev–Trinajstić information content (AvgIpc) is 3.56. The summed E-state index contributed by atoms with van der Waals surface area (Å²) in [5.41, 5.74) is 3.36. The number of allylic oxidation sites excluding steroid dienone is 1. The van der Waals surface area contributed by atoms with Crippen LogP contribution in [0.3, 0.4) is 0 Å². The zero-order valence-electron chi connectivity index (χ0n) is 20.5. The van der Waals surface area contributed by atoms with Crippen molar-refractivity contribution in [2.24, 2.45) is 4.99 Å². The van der Waals surface area contributed by atoms with Crippen LogP contribution in [-0.2, 0) is 25.7 Å². The van der Waals surface area contributed by atoms with Crippen LogP contribution in [0.4, 0.5) is 0 Å². The molecule has 0 spiro atoms. The normalized spacial score (nSPS) is 20.9. The topological polar surface area (TPSA) is 80.2 Å². The summed E-state index contributed by atoms with van der Waals surface area (Å²) in [5.74, 6) is -0.575. The van der Waals surface area contributed by atoms with Gasteiger partial charge in [-0.15, -0.1) is 0 Å². The highest BCUT2D eigenvalue weighted by atomic mass is 35.5. The fraction of sp³-hybridized carbons (Fsp3) is 0.321. The molecule has 1 saturated heterocycles. The minimum absolute atomic E-state index is 0.0652. The number of rotatable bonds is 8. The minimum Gasteiger partial charge on any atom is -0.457 e. The molecule has 0 unspecified atom stereocenters. The lowest BCUT2D eigenvalue weighted by atomic mass is 9.93. The Bertz CT molecular complexity index is 1270. The molecule has 0 aromatic heterocycles. The van der Waals surface area contributed by atoms with E-state index in [4.69, 9.17) is 26.1 Å². The number of halogens is 1. The molecule has 9 heteroatoms. The Labute approximate surface area is 225 Å². The van der Waals surface area contributed by atoms with Crippen LogP contribution in [0, 0.1) is 0 Å². The highest BCUT2D eigenvalue weighted by molar-refractivity contribution is 8.16. The molecule has 5 rings (SSSR count). The molecule has 0 radical (unpaired) electrons. The molecule has 2 aromatic rings. The van der Waals surface area contributed by atoms with Crippen LogP contribution in [0.5, 0.6) is 0 Å². The van der Waals surface area contributed by atoms with Gasteiger partial charge in [-0.1, -0.05) is 71.9 Å². The van der Waals surface area contributed by atoms with Gasteiger partial charge in [-0.3, -0.25) is 4.79 Å². The molecule has 37 heavy (non-hydrogen) atoms. The summed E-state index contributed by atoms with van der Waals surface area (Å²) >= 11 is 8.09. The quantitative estimate of drug-likeness (QED) is 0.458. The zero-order chi connectivity index (χ0) is 25.8. The number of amidine groups is 1. The maximum absolute atomic E-state index is 13.5. The second-order valence-electron chi connectivity index (χ2n) is 9.09. The molecule has 3 aliphatic heterocycles. The molecule has 0 saturated carbocycles. The predicted octanol–water partition coefficient (Wildman–Crippen LogP) is 5.34. The van der Waals surface area contributed by atoms with E-state index in [0.29, 0.717) is 28.0 Å². The molecule has 1 fully saturated rings. The molecule has 3 aliphatic rings. The van der Waals surface area contributed by atoms with Gasteiger partial charge in [0.2, 0.25) is 5.91 Å². The molecule has 7 nitrogen and oxygen atoms in total. The first-order chi connectivity index (χ1) is 18.0. The average molecular weight is 538 g/mol. The van der Waals surface area contributed by atoms with E-state index in [1.807, 2.05) is 58.8 Å². The summed E-state index contributed by atoms with van der Waals surface area (Å²) in [5, 5.41) is 6.12. The van der Waals surface area contributed by atoms with Crippen molar-refractivity contribution < 1.29 is 19.1 Å². The minimum atomic E-state index is -0.573. The van der Waals surface area contributed by atoms with E-state index >= 15 is 0 Å². The number of esters is 1. The van der Waals surface area contributed by atoms with Crippen LogP contribution >= 0.6 is 23.4 Å². The van der Waals surface area contributed by atoms with Gasteiger partial charge in [-0.25, -0.2) is 9.79 Å². The highest BCUT2D eigenvalue weighted by Gasteiger charge is 2.42. The van der Waals surface area contributed by atoms with Crippen molar-refractivity contribution in [3.8, 4) is 0 Å². The maximum atomic E-state index is 13.5. The Kier molecular flexibility index (Phi) is 7.98. The predicted molar refractivity (Wildman–Crippen MR) is 145 cm³/mol. The Hall–Kier alpha value is -3.07. The molecule has 192 valence electrons. The number of hydrogen-bond donors (Lipinski definition) is 1. The van der Waals surface area contributed by atoms with Gasteiger partial charge in [-0.05, 0) is 42.4 Å². The largest absolute Gasteiger partial charge is 0.457 e. The van der Waals surface area contributed by atoms with E-state index in [0.717, 1.165) is 36.3 Å². The van der Waals surface area contributed by atoms with Crippen molar-refractivity contribution in [2.75, 3.05) is 13.2 Å². The number of benzene rings is 2. The van der Waals surface area contributed by atoms with Crippen molar-refractivity contribution in [1.29, 1.82) is 0 Å². The number of aliphatic imine (C=N–C) groups is 1. The van der Waals surface area contributed by atoms with Crippen molar-refractivity contribution in [3.63, 3.8) is 0 Å². The van der Waals surface area contributed by atoms with Gasteiger partial charge in [-0.2, -0.15) is 0 Å². The number of carbonyl (C=O) groups is 2. The second-order valence-corrected chi connectivity index (χ2v) is 10.3. The second kappa shape index (κ2) is 11.5. The van der Waals surface area contributed by atoms with Gasteiger partial charge >= 0.3 is 5.97 Å². The summed E-state index contributed by atoms with van der Waals surface area (Å²) in [6.45, 7) is 3.18. The van der Waals surface area contributed by atoms with Crippen LogP contribution in [0.2, 0.25) is 5.02 Å². The third kappa shape index (κ3) is 5.76. The molecule has 3 heterocycles. The molecule has 0 aliphatic carbocycles. The number of nitrogens with zero attached hydrogens (tertiary/aromatic N) is 2. The number of nitrogens with one attached hydrogen (secondary N) is 1. The summed E-state index contributed by atoms with van der Waals surface area (Å²) in [4.78, 5) is 33.0. The fourth-order valence-electron chi connectivity index (χ4n) is 4.68. The molecule has 2 aromatic carbocycles. The molecule has 1 N–H and O–H groups in total. The van der Waals surface area contributed by atoms with Gasteiger partial charge in [0.05, 0.1) is 29.8 Å². The number of hydrogen-bond acceptors (Lipinski definition) is 7. The van der Waals surface area contributed by atoms with Crippen LogP contribution in [0.25, 0.3) is 0 Å². The van der Waals surface area contributed by atoms with Crippen LogP contribution in [-0.4, -0.2) is 41.2 Å². The van der Waals surface area contributed by atoms with Gasteiger partial charge in [0.25, 0.3) is 0 Å². The molecule has 2 atom stereocenters. The Balaban J connectivity index is 1.40.